The average Bonchev–Trinajstić information content (AvgIpc) is 2.85. The largest absolute Gasteiger partial charge is 0.497 e. The van der Waals surface area contributed by atoms with Crippen molar-refractivity contribution in [2.24, 2.45) is 0 Å². The number of nitrogens with zero attached hydrogens (tertiary/aromatic N) is 2. The van der Waals surface area contributed by atoms with Crippen molar-refractivity contribution in [1.29, 1.82) is 0 Å². The predicted molar refractivity (Wildman–Crippen MR) is 131 cm³/mol. The molecule has 9 nitrogen and oxygen atoms in total. The molecule has 3 N–H and O–H groups in total. The number of carbonyl (C=O) groups excluding carboxylic acids is 1. The van der Waals surface area contributed by atoms with Gasteiger partial charge in [0.15, 0.2) is 5.69 Å². The molecule has 0 unspecified atom stereocenters. The van der Waals surface area contributed by atoms with Gasteiger partial charge in [0.25, 0.3) is 5.56 Å². The third-order valence-corrected chi connectivity index (χ3v) is 5.49. The fraction of sp³-hybridized carbons (Fsp3) is 0.320. The first-order valence-corrected chi connectivity index (χ1v) is 11.0. The first-order valence-electron chi connectivity index (χ1n) is 11.0. The van der Waals surface area contributed by atoms with E-state index >= 15 is 0 Å². The lowest BCUT2D eigenvalue weighted by atomic mass is 10.1. The highest BCUT2D eigenvalue weighted by Crippen LogP contribution is 2.20. The lowest BCUT2D eigenvalue weighted by Crippen LogP contribution is -2.42. The third kappa shape index (κ3) is 6.14. The molecule has 180 valence electrons. The monoisotopic (exact) mass is 466 g/mol. The van der Waals surface area contributed by atoms with Crippen LogP contribution in [-0.2, 0) is 22.5 Å². The second kappa shape index (κ2) is 11.9. The number of ether oxygens (including phenoxy) is 2. The Morgan fingerprint density at radius 1 is 1.03 bits per heavy atom. The number of rotatable bonds is 11. The smallest absolute Gasteiger partial charge is 0.330 e. The van der Waals surface area contributed by atoms with E-state index in [9.17, 15) is 14.4 Å². The van der Waals surface area contributed by atoms with Gasteiger partial charge in [0.05, 0.1) is 13.7 Å². The molecule has 0 atom stereocenters. The number of nitrogens with one attached hydrogen (secondary N) is 1. The summed E-state index contributed by atoms with van der Waals surface area (Å²) in [5.41, 5.74) is 6.78. The van der Waals surface area contributed by atoms with E-state index in [0.717, 1.165) is 16.9 Å². The highest BCUT2D eigenvalue weighted by Gasteiger charge is 2.24. The average molecular weight is 467 g/mol. The molecule has 0 aliphatic carbocycles. The molecular weight excluding hydrogens is 436 g/mol. The van der Waals surface area contributed by atoms with Gasteiger partial charge in [0.1, 0.15) is 11.6 Å². The van der Waals surface area contributed by atoms with Crippen LogP contribution in [0.5, 0.6) is 5.75 Å². The minimum Gasteiger partial charge on any atom is -0.497 e. The van der Waals surface area contributed by atoms with E-state index in [1.165, 1.54) is 9.47 Å². The van der Waals surface area contributed by atoms with Gasteiger partial charge >= 0.3 is 5.69 Å². The molecular formula is C25H30N4O5. The summed E-state index contributed by atoms with van der Waals surface area (Å²) in [5.74, 6) is 0.415. The molecule has 0 fully saturated rings. The standard InChI is InChI=1S/C25H30N4O5/c1-33-16-6-15-28(21(30)14-11-18-9-12-20(34-2)13-10-18)22-23(26)29(25(32)27-24(22)31)17-19-7-4-3-5-8-19/h3-5,7-10,12-13H,6,11,14-17,26H2,1-2H3,(H,27,31,32). The van der Waals surface area contributed by atoms with Gasteiger partial charge in [0, 0.05) is 26.7 Å². The van der Waals surface area contributed by atoms with Gasteiger partial charge in [-0.25, -0.2) is 4.79 Å². The summed E-state index contributed by atoms with van der Waals surface area (Å²) in [7, 11) is 3.16. The van der Waals surface area contributed by atoms with Gasteiger partial charge in [-0.15, -0.1) is 0 Å². The molecule has 0 radical (unpaired) electrons. The first kappa shape index (κ1) is 24.8. The Morgan fingerprint density at radius 2 is 1.74 bits per heavy atom. The van der Waals surface area contributed by atoms with Crippen molar-refractivity contribution in [2.75, 3.05) is 38.0 Å². The Balaban J connectivity index is 1.90. The number of aromatic amines is 1. The van der Waals surface area contributed by atoms with Gasteiger partial charge < -0.3 is 20.1 Å². The number of methoxy groups -OCH3 is 2. The summed E-state index contributed by atoms with van der Waals surface area (Å²) >= 11 is 0. The van der Waals surface area contributed by atoms with Gasteiger partial charge in [-0.2, -0.15) is 0 Å². The number of nitrogens with two attached hydrogens (primary N) is 1. The van der Waals surface area contributed by atoms with Crippen LogP contribution in [0.25, 0.3) is 0 Å². The van der Waals surface area contributed by atoms with Crippen molar-refractivity contribution in [3.63, 3.8) is 0 Å². The number of carbonyl (C=O) groups is 1. The Bertz CT molecular complexity index is 1200. The number of benzene rings is 2. The van der Waals surface area contributed by atoms with Crippen LogP contribution in [0, 0.1) is 0 Å². The molecule has 0 saturated heterocycles. The van der Waals surface area contributed by atoms with Crippen molar-refractivity contribution in [3.8, 4) is 5.75 Å². The lowest BCUT2D eigenvalue weighted by Gasteiger charge is -2.24. The quantitative estimate of drug-likeness (QED) is 0.418. The Kier molecular flexibility index (Phi) is 8.64. The highest BCUT2D eigenvalue weighted by molar-refractivity contribution is 5.95. The second-order valence-electron chi connectivity index (χ2n) is 7.80. The fourth-order valence-corrected chi connectivity index (χ4v) is 3.67. The van der Waals surface area contributed by atoms with E-state index in [-0.39, 0.29) is 36.9 Å². The maximum atomic E-state index is 13.3. The van der Waals surface area contributed by atoms with Crippen LogP contribution in [0.1, 0.15) is 24.0 Å². The van der Waals surface area contributed by atoms with Gasteiger partial charge in [0.2, 0.25) is 5.91 Å². The van der Waals surface area contributed by atoms with Crippen molar-refractivity contribution in [2.45, 2.75) is 25.8 Å². The van der Waals surface area contributed by atoms with Crippen molar-refractivity contribution >= 4 is 17.4 Å². The number of H-pyrrole nitrogens is 1. The van der Waals surface area contributed by atoms with Crippen LogP contribution in [0.4, 0.5) is 11.5 Å². The van der Waals surface area contributed by atoms with Crippen molar-refractivity contribution in [1.82, 2.24) is 9.55 Å². The van der Waals surface area contributed by atoms with Crippen LogP contribution in [0.3, 0.4) is 0 Å². The summed E-state index contributed by atoms with van der Waals surface area (Å²) in [4.78, 5) is 42.3. The Morgan fingerprint density at radius 3 is 2.38 bits per heavy atom. The molecule has 9 heteroatoms. The van der Waals surface area contributed by atoms with E-state index in [1.54, 1.807) is 14.2 Å². The third-order valence-electron chi connectivity index (χ3n) is 5.49. The number of anilines is 2. The van der Waals surface area contributed by atoms with E-state index in [1.807, 2.05) is 54.6 Å². The zero-order chi connectivity index (χ0) is 24.5. The molecule has 0 saturated carbocycles. The molecule has 1 aromatic heterocycles. The number of amides is 1. The van der Waals surface area contributed by atoms with E-state index < -0.39 is 11.2 Å². The minimum atomic E-state index is -0.693. The molecule has 0 aliphatic rings. The first-order chi connectivity index (χ1) is 16.4. The second-order valence-corrected chi connectivity index (χ2v) is 7.80. The molecule has 0 aliphatic heterocycles. The SMILES string of the molecule is COCCCN(C(=O)CCc1ccc(OC)cc1)c1c(N)n(Cc2ccccc2)c(=O)[nH]c1=O. The highest BCUT2D eigenvalue weighted by atomic mass is 16.5. The summed E-state index contributed by atoms with van der Waals surface area (Å²) < 4.78 is 11.6. The van der Waals surface area contributed by atoms with Gasteiger partial charge in [-0.05, 0) is 36.1 Å². The Hall–Kier alpha value is -3.85. The zero-order valence-corrected chi connectivity index (χ0v) is 19.5. The van der Waals surface area contributed by atoms with E-state index in [4.69, 9.17) is 15.2 Å². The van der Waals surface area contributed by atoms with Gasteiger partial charge in [-0.3, -0.25) is 19.1 Å². The summed E-state index contributed by atoms with van der Waals surface area (Å²) in [5, 5.41) is 0. The van der Waals surface area contributed by atoms with E-state index in [0.29, 0.717) is 19.4 Å². The maximum Gasteiger partial charge on any atom is 0.330 e. The molecule has 0 spiro atoms. The normalized spacial score (nSPS) is 10.8. The molecule has 3 rings (SSSR count). The van der Waals surface area contributed by atoms with Crippen molar-refractivity contribution < 1.29 is 14.3 Å². The number of aromatic nitrogens is 2. The minimum absolute atomic E-state index is 0.0219. The number of hydrogen-bond donors (Lipinski definition) is 2. The van der Waals surface area contributed by atoms with Gasteiger partial charge in [-0.1, -0.05) is 42.5 Å². The van der Waals surface area contributed by atoms with Crippen LogP contribution in [-0.4, -0.2) is 42.8 Å². The van der Waals surface area contributed by atoms with Crippen LogP contribution in [0.15, 0.2) is 64.2 Å². The van der Waals surface area contributed by atoms with Crippen LogP contribution >= 0.6 is 0 Å². The fourth-order valence-electron chi connectivity index (χ4n) is 3.67. The summed E-state index contributed by atoms with van der Waals surface area (Å²) in [6.07, 6.45) is 1.14. The Labute approximate surface area is 197 Å². The summed E-state index contributed by atoms with van der Waals surface area (Å²) in [6, 6.07) is 16.7. The molecule has 1 amide bonds. The van der Waals surface area contributed by atoms with Crippen LogP contribution in [0.2, 0.25) is 0 Å². The van der Waals surface area contributed by atoms with E-state index in [2.05, 4.69) is 4.98 Å². The molecule has 34 heavy (non-hydrogen) atoms. The number of nitrogen functional groups attached to an aromatic ring is 1. The topological polar surface area (TPSA) is 120 Å². The molecule has 0 bridgehead atoms. The van der Waals surface area contributed by atoms with Crippen LogP contribution < -0.4 is 26.6 Å². The zero-order valence-electron chi connectivity index (χ0n) is 19.5. The predicted octanol–water partition coefficient (Wildman–Crippen LogP) is 2.18. The summed E-state index contributed by atoms with van der Waals surface area (Å²) in [6.45, 7) is 0.803. The van der Waals surface area contributed by atoms with Crippen molar-refractivity contribution in [3.05, 3.63) is 86.6 Å². The molecule has 2 aromatic carbocycles. The number of hydrogen-bond acceptors (Lipinski definition) is 6. The lowest BCUT2D eigenvalue weighted by molar-refractivity contribution is -0.118. The molecule has 1 heterocycles. The molecule has 3 aromatic rings. The number of aryl methyl sites for hydroxylation is 1. The maximum absolute atomic E-state index is 13.3.